The number of carbonyl (C=O) groups excluding carboxylic acids is 4. The molecule has 0 aliphatic heterocycles. The zero-order valence-electron chi connectivity index (χ0n) is 23.7. The molecular weight excluding hydrogens is 500 g/mol. The number of aromatic hydroxyl groups is 1. The lowest BCUT2D eigenvalue weighted by Gasteiger charge is -2.43. The molecule has 0 saturated carbocycles. The van der Waals surface area contributed by atoms with Crippen molar-refractivity contribution in [2.24, 2.45) is 5.73 Å². The minimum atomic E-state index is -1.42. The van der Waals surface area contributed by atoms with E-state index in [0.717, 1.165) is 5.56 Å². The first-order chi connectivity index (χ1) is 18.0. The molecule has 2 rings (SSSR count). The molecular formula is C29H40N4O6. The van der Waals surface area contributed by atoms with E-state index in [4.69, 9.17) is 10.5 Å². The van der Waals surface area contributed by atoms with Crippen LogP contribution in [-0.4, -0.2) is 51.0 Å². The molecule has 0 heterocycles. The third-order valence-electron chi connectivity index (χ3n) is 5.73. The number of rotatable bonds is 9. The molecule has 0 fully saturated rings. The Morgan fingerprint density at radius 1 is 0.974 bits per heavy atom. The molecule has 0 spiro atoms. The molecule has 0 saturated heterocycles. The molecule has 0 aromatic heterocycles. The lowest BCUT2D eigenvalue weighted by atomic mass is 9.93. The largest absolute Gasteiger partial charge is 0.507 e. The molecule has 0 bridgehead atoms. The number of benzene rings is 2. The van der Waals surface area contributed by atoms with Gasteiger partial charge in [-0.2, -0.15) is 0 Å². The van der Waals surface area contributed by atoms with Gasteiger partial charge in [0.15, 0.2) is 0 Å². The summed E-state index contributed by atoms with van der Waals surface area (Å²) in [6.07, 6.45) is -1.44. The zero-order chi connectivity index (χ0) is 29.5. The SMILES string of the molecule is Cc1cccc(C(C(=O)NCc2ccccc2)N(C(=O)C(CC(N)=O)NC(=O)OC(C)(C)C)C(C)(C)C)c1O. The van der Waals surface area contributed by atoms with E-state index in [1.54, 1.807) is 66.7 Å². The van der Waals surface area contributed by atoms with Gasteiger partial charge in [-0.25, -0.2) is 4.79 Å². The van der Waals surface area contributed by atoms with E-state index >= 15 is 0 Å². The fourth-order valence-corrected chi connectivity index (χ4v) is 4.05. The first-order valence-electron chi connectivity index (χ1n) is 12.7. The number of carbonyl (C=O) groups is 4. The maximum atomic E-state index is 14.1. The van der Waals surface area contributed by atoms with Crippen LogP contribution in [0.2, 0.25) is 0 Å². The van der Waals surface area contributed by atoms with Crippen LogP contribution in [0.15, 0.2) is 48.5 Å². The number of primary amides is 1. The molecule has 4 amide bonds. The van der Waals surface area contributed by atoms with Crippen molar-refractivity contribution >= 4 is 23.8 Å². The summed E-state index contributed by atoms with van der Waals surface area (Å²) < 4.78 is 5.29. The summed E-state index contributed by atoms with van der Waals surface area (Å²) in [5, 5.41) is 16.3. The lowest BCUT2D eigenvalue weighted by molar-refractivity contribution is -0.149. The maximum absolute atomic E-state index is 14.1. The van der Waals surface area contributed by atoms with Gasteiger partial charge in [-0.3, -0.25) is 14.4 Å². The minimum Gasteiger partial charge on any atom is -0.507 e. The van der Waals surface area contributed by atoms with Crippen LogP contribution in [0.25, 0.3) is 0 Å². The van der Waals surface area contributed by atoms with E-state index in [9.17, 15) is 24.3 Å². The van der Waals surface area contributed by atoms with Crippen molar-refractivity contribution in [1.29, 1.82) is 0 Å². The molecule has 0 aliphatic carbocycles. The number of alkyl carbamates (subject to hydrolysis) is 1. The van der Waals surface area contributed by atoms with Crippen molar-refractivity contribution in [3.63, 3.8) is 0 Å². The number of nitrogens with two attached hydrogens (primary N) is 1. The standard InChI is InChI=1S/C29H40N4O6/c1-18-12-11-15-20(24(18)35)23(25(36)31-17-19-13-9-8-10-14-19)33(28(2,3)4)26(37)21(16-22(30)34)32-27(38)39-29(5,6)7/h8-15,21,23,35H,16-17H2,1-7H3,(H2,30,34)(H,31,36)(H,32,38). The Morgan fingerprint density at radius 2 is 1.59 bits per heavy atom. The number of ether oxygens (including phenoxy) is 1. The Balaban J connectivity index is 2.58. The van der Waals surface area contributed by atoms with Gasteiger partial charge >= 0.3 is 6.09 Å². The number of aryl methyl sites for hydroxylation is 1. The van der Waals surface area contributed by atoms with Crippen LogP contribution in [0.5, 0.6) is 5.75 Å². The average molecular weight is 541 g/mol. The smallest absolute Gasteiger partial charge is 0.408 e. The van der Waals surface area contributed by atoms with Crippen molar-refractivity contribution < 1.29 is 29.0 Å². The quantitative estimate of drug-likeness (QED) is 0.382. The number of hydrogen-bond acceptors (Lipinski definition) is 6. The molecule has 2 aromatic carbocycles. The van der Waals surface area contributed by atoms with E-state index in [2.05, 4.69) is 10.6 Å². The second-order valence-corrected chi connectivity index (χ2v) is 11.4. The highest BCUT2D eigenvalue weighted by atomic mass is 16.6. The van der Waals surface area contributed by atoms with Gasteiger partial charge in [-0.05, 0) is 59.6 Å². The first kappa shape index (κ1) is 31.1. The normalized spacial score (nSPS) is 13.1. The molecule has 2 atom stereocenters. The third kappa shape index (κ3) is 9.01. The molecule has 10 heteroatoms. The van der Waals surface area contributed by atoms with Gasteiger partial charge in [-0.1, -0.05) is 48.5 Å². The molecule has 0 radical (unpaired) electrons. The summed E-state index contributed by atoms with van der Waals surface area (Å²) in [5.74, 6) is -2.28. The second kappa shape index (κ2) is 12.6. The van der Waals surface area contributed by atoms with Gasteiger partial charge in [0.1, 0.15) is 23.4 Å². The van der Waals surface area contributed by atoms with Gasteiger partial charge in [0, 0.05) is 17.6 Å². The van der Waals surface area contributed by atoms with E-state index in [-0.39, 0.29) is 17.9 Å². The number of hydrogen-bond donors (Lipinski definition) is 4. The fraction of sp³-hybridized carbons (Fsp3) is 0.448. The molecule has 2 unspecified atom stereocenters. The van der Waals surface area contributed by atoms with Gasteiger partial charge in [0.05, 0.1) is 6.42 Å². The number of nitrogens with zero attached hydrogens (tertiary/aromatic N) is 1. The predicted molar refractivity (Wildman–Crippen MR) is 147 cm³/mol. The number of nitrogens with one attached hydrogen (secondary N) is 2. The molecule has 0 aliphatic rings. The van der Waals surface area contributed by atoms with Gasteiger partial charge in [0.25, 0.3) is 0 Å². The van der Waals surface area contributed by atoms with Crippen LogP contribution >= 0.6 is 0 Å². The van der Waals surface area contributed by atoms with E-state index in [1.165, 1.54) is 4.90 Å². The zero-order valence-corrected chi connectivity index (χ0v) is 23.7. The van der Waals surface area contributed by atoms with Crippen molar-refractivity contribution in [3.05, 3.63) is 65.2 Å². The molecule has 5 N–H and O–H groups in total. The van der Waals surface area contributed by atoms with Crippen molar-refractivity contribution in [2.75, 3.05) is 0 Å². The Morgan fingerprint density at radius 3 is 2.13 bits per heavy atom. The summed E-state index contributed by atoms with van der Waals surface area (Å²) in [7, 11) is 0. The Bertz CT molecular complexity index is 1180. The molecule has 10 nitrogen and oxygen atoms in total. The molecule has 39 heavy (non-hydrogen) atoms. The highest BCUT2D eigenvalue weighted by Gasteiger charge is 2.43. The fourth-order valence-electron chi connectivity index (χ4n) is 4.05. The van der Waals surface area contributed by atoms with Gasteiger partial charge < -0.3 is 31.1 Å². The summed E-state index contributed by atoms with van der Waals surface area (Å²) in [5.41, 5.74) is 5.10. The Kier molecular flexibility index (Phi) is 10.1. The Hall–Kier alpha value is -4.08. The monoisotopic (exact) mass is 540 g/mol. The van der Waals surface area contributed by atoms with Crippen LogP contribution < -0.4 is 16.4 Å². The van der Waals surface area contributed by atoms with Crippen molar-refractivity contribution in [3.8, 4) is 5.75 Å². The summed E-state index contributed by atoms with van der Waals surface area (Å²) in [6.45, 7) is 12.0. The summed E-state index contributed by atoms with van der Waals surface area (Å²) in [4.78, 5) is 53.7. The van der Waals surface area contributed by atoms with Gasteiger partial charge in [-0.15, -0.1) is 0 Å². The molecule has 2 aromatic rings. The molecule has 212 valence electrons. The topological polar surface area (TPSA) is 151 Å². The van der Waals surface area contributed by atoms with Crippen LogP contribution in [0.3, 0.4) is 0 Å². The average Bonchev–Trinajstić information content (AvgIpc) is 2.80. The third-order valence-corrected chi connectivity index (χ3v) is 5.73. The number of amides is 4. The van der Waals surface area contributed by atoms with Crippen molar-refractivity contribution in [2.45, 2.75) is 84.7 Å². The van der Waals surface area contributed by atoms with E-state index < -0.39 is 53.5 Å². The first-order valence-corrected chi connectivity index (χ1v) is 12.7. The highest BCUT2D eigenvalue weighted by Crippen LogP contribution is 2.36. The van der Waals surface area contributed by atoms with Gasteiger partial charge in [0.2, 0.25) is 17.7 Å². The number of para-hydroxylation sites is 1. The lowest BCUT2D eigenvalue weighted by Crippen LogP contribution is -2.59. The number of phenols is 1. The second-order valence-electron chi connectivity index (χ2n) is 11.4. The maximum Gasteiger partial charge on any atom is 0.408 e. The van der Waals surface area contributed by atoms with E-state index in [1.807, 2.05) is 30.3 Å². The van der Waals surface area contributed by atoms with Crippen molar-refractivity contribution in [1.82, 2.24) is 15.5 Å². The minimum absolute atomic E-state index is 0.147. The number of phenolic OH excluding ortho intramolecular Hbond substituents is 1. The summed E-state index contributed by atoms with van der Waals surface area (Å²) >= 11 is 0. The predicted octanol–water partition coefficient (Wildman–Crippen LogP) is 3.45. The van der Waals surface area contributed by atoms with Crippen LogP contribution in [-0.2, 0) is 25.7 Å². The Labute approximate surface area is 229 Å². The van der Waals surface area contributed by atoms with Crippen LogP contribution in [0, 0.1) is 6.92 Å². The van der Waals surface area contributed by atoms with E-state index in [0.29, 0.717) is 5.56 Å². The summed E-state index contributed by atoms with van der Waals surface area (Å²) in [6, 6.07) is 11.4. The van der Waals surface area contributed by atoms with Crippen LogP contribution in [0.1, 0.15) is 70.7 Å². The highest BCUT2D eigenvalue weighted by molar-refractivity contribution is 5.95. The van der Waals surface area contributed by atoms with Crippen LogP contribution in [0.4, 0.5) is 4.79 Å².